The van der Waals surface area contributed by atoms with Crippen LogP contribution in [0, 0.1) is 12.8 Å². The Morgan fingerprint density at radius 3 is 2.65 bits per heavy atom. The van der Waals surface area contributed by atoms with Crippen LogP contribution in [0.2, 0.25) is 0 Å². The van der Waals surface area contributed by atoms with Gasteiger partial charge in [0.25, 0.3) is 5.91 Å². The molecule has 0 aliphatic rings. The second kappa shape index (κ2) is 6.25. The lowest BCUT2D eigenvalue weighted by molar-refractivity contribution is 0.0951. The minimum Gasteiger partial charge on any atom is -0.352 e. The smallest absolute Gasteiger partial charge is 0.251 e. The molecule has 0 heterocycles. The number of carbonyl (C=O) groups is 1. The number of carbonyl (C=O) groups excluding carboxylic acids is 1. The van der Waals surface area contributed by atoms with Gasteiger partial charge >= 0.3 is 0 Å². The molecular formula is C13H21N3O. The van der Waals surface area contributed by atoms with Crippen molar-refractivity contribution in [2.45, 2.75) is 27.2 Å². The van der Waals surface area contributed by atoms with E-state index in [-0.39, 0.29) is 5.91 Å². The summed E-state index contributed by atoms with van der Waals surface area (Å²) in [6, 6.07) is 5.44. The summed E-state index contributed by atoms with van der Waals surface area (Å²) in [5, 5.41) is 2.92. The molecule has 0 aliphatic heterocycles. The lowest BCUT2D eigenvalue weighted by Gasteiger charge is -2.10. The number of nitrogens with two attached hydrogens (primary N) is 1. The highest BCUT2D eigenvalue weighted by atomic mass is 16.1. The third kappa shape index (κ3) is 4.07. The number of anilines is 1. The van der Waals surface area contributed by atoms with Crippen LogP contribution in [-0.4, -0.2) is 12.5 Å². The van der Waals surface area contributed by atoms with Crippen LogP contribution in [0.25, 0.3) is 0 Å². The Labute approximate surface area is 103 Å². The third-order valence-corrected chi connectivity index (χ3v) is 2.64. The largest absolute Gasteiger partial charge is 0.352 e. The van der Waals surface area contributed by atoms with Crippen molar-refractivity contribution in [1.29, 1.82) is 0 Å². The fourth-order valence-corrected chi connectivity index (χ4v) is 1.58. The lowest BCUT2D eigenvalue weighted by Crippen LogP contribution is -2.26. The maximum Gasteiger partial charge on any atom is 0.251 e. The highest BCUT2D eigenvalue weighted by Crippen LogP contribution is 2.14. The summed E-state index contributed by atoms with van der Waals surface area (Å²) < 4.78 is 0. The van der Waals surface area contributed by atoms with Gasteiger partial charge in [0.05, 0.1) is 0 Å². The molecule has 1 rings (SSSR count). The van der Waals surface area contributed by atoms with Gasteiger partial charge in [0.2, 0.25) is 0 Å². The predicted molar refractivity (Wildman–Crippen MR) is 70.8 cm³/mol. The number of nitrogens with one attached hydrogen (secondary N) is 2. The number of hydrogen-bond donors (Lipinski definition) is 3. The molecule has 0 aliphatic carbocycles. The van der Waals surface area contributed by atoms with Crippen LogP contribution in [0.15, 0.2) is 18.2 Å². The van der Waals surface area contributed by atoms with Gasteiger partial charge in [0, 0.05) is 17.8 Å². The fourth-order valence-electron chi connectivity index (χ4n) is 1.58. The average Bonchev–Trinajstić information content (AvgIpc) is 2.28. The standard InChI is InChI=1S/C13H21N3O/c1-9(2)6-7-15-13(17)12-5-4-11(16-14)8-10(12)3/h4-5,8-9,16H,6-7,14H2,1-3H3,(H,15,17). The Hall–Kier alpha value is -1.55. The molecule has 0 aromatic heterocycles. The molecule has 0 fully saturated rings. The Bertz CT molecular complexity index is 388. The van der Waals surface area contributed by atoms with Crippen molar-refractivity contribution in [3.05, 3.63) is 29.3 Å². The predicted octanol–water partition coefficient (Wildman–Crippen LogP) is 2.06. The van der Waals surface area contributed by atoms with Crippen LogP contribution < -0.4 is 16.6 Å². The maximum absolute atomic E-state index is 11.9. The highest BCUT2D eigenvalue weighted by Gasteiger charge is 2.08. The van der Waals surface area contributed by atoms with E-state index in [4.69, 9.17) is 5.84 Å². The number of hydrazine groups is 1. The molecule has 94 valence electrons. The highest BCUT2D eigenvalue weighted by molar-refractivity contribution is 5.96. The summed E-state index contributed by atoms with van der Waals surface area (Å²) in [6.45, 7) is 6.89. The van der Waals surface area contributed by atoms with Crippen LogP contribution in [-0.2, 0) is 0 Å². The Balaban J connectivity index is 2.63. The first-order chi connectivity index (χ1) is 8.04. The van der Waals surface area contributed by atoms with E-state index in [9.17, 15) is 4.79 Å². The van der Waals surface area contributed by atoms with E-state index < -0.39 is 0 Å². The zero-order chi connectivity index (χ0) is 12.8. The molecule has 1 aromatic carbocycles. The monoisotopic (exact) mass is 235 g/mol. The van der Waals surface area contributed by atoms with Crippen LogP contribution in [0.1, 0.15) is 36.2 Å². The van der Waals surface area contributed by atoms with E-state index in [1.807, 2.05) is 13.0 Å². The van der Waals surface area contributed by atoms with Crippen molar-refractivity contribution >= 4 is 11.6 Å². The zero-order valence-electron chi connectivity index (χ0n) is 10.7. The summed E-state index contributed by atoms with van der Waals surface area (Å²) >= 11 is 0. The van der Waals surface area contributed by atoms with E-state index in [1.54, 1.807) is 12.1 Å². The number of nitrogen functional groups attached to an aromatic ring is 1. The lowest BCUT2D eigenvalue weighted by atomic mass is 10.1. The van der Waals surface area contributed by atoms with Crippen molar-refractivity contribution in [1.82, 2.24) is 5.32 Å². The number of aryl methyl sites for hydroxylation is 1. The molecule has 4 N–H and O–H groups in total. The number of hydrogen-bond acceptors (Lipinski definition) is 3. The summed E-state index contributed by atoms with van der Waals surface area (Å²) in [4.78, 5) is 11.9. The normalized spacial score (nSPS) is 10.4. The van der Waals surface area contributed by atoms with Gasteiger partial charge in [-0.1, -0.05) is 13.8 Å². The molecule has 0 spiro atoms. The second-order valence-corrected chi connectivity index (χ2v) is 4.61. The van der Waals surface area contributed by atoms with Crippen LogP contribution in [0.4, 0.5) is 5.69 Å². The SMILES string of the molecule is Cc1cc(NN)ccc1C(=O)NCCC(C)C. The Morgan fingerprint density at radius 2 is 2.12 bits per heavy atom. The van der Waals surface area contributed by atoms with Crippen LogP contribution in [0.3, 0.4) is 0 Å². The van der Waals surface area contributed by atoms with Gasteiger partial charge in [0.15, 0.2) is 0 Å². The van der Waals surface area contributed by atoms with Crippen molar-refractivity contribution in [3.63, 3.8) is 0 Å². The molecule has 0 atom stereocenters. The van der Waals surface area contributed by atoms with Gasteiger partial charge in [0.1, 0.15) is 0 Å². The zero-order valence-corrected chi connectivity index (χ0v) is 10.7. The van der Waals surface area contributed by atoms with E-state index in [2.05, 4.69) is 24.6 Å². The number of amides is 1. The average molecular weight is 235 g/mol. The molecule has 1 aromatic rings. The van der Waals surface area contributed by atoms with Crippen molar-refractivity contribution in [2.24, 2.45) is 11.8 Å². The molecule has 0 bridgehead atoms. The van der Waals surface area contributed by atoms with E-state index >= 15 is 0 Å². The number of benzene rings is 1. The van der Waals surface area contributed by atoms with E-state index in [0.29, 0.717) is 18.0 Å². The Kier molecular flexibility index (Phi) is 4.97. The maximum atomic E-state index is 11.9. The number of rotatable bonds is 5. The quantitative estimate of drug-likeness (QED) is 0.540. The summed E-state index contributed by atoms with van der Waals surface area (Å²) in [7, 11) is 0. The summed E-state index contributed by atoms with van der Waals surface area (Å²) in [5.41, 5.74) is 4.99. The van der Waals surface area contributed by atoms with Gasteiger partial charge in [-0.2, -0.15) is 0 Å². The molecule has 0 saturated heterocycles. The molecule has 4 nitrogen and oxygen atoms in total. The van der Waals surface area contributed by atoms with E-state index in [1.165, 1.54) is 0 Å². The molecule has 0 unspecified atom stereocenters. The van der Waals surface area contributed by atoms with Crippen molar-refractivity contribution in [2.75, 3.05) is 12.0 Å². The molecular weight excluding hydrogens is 214 g/mol. The van der Waals surface area contributed by atoms with Crippen LogP contribution >= 0.6 is 0 Å². The molecule has 1 amide bonds. The topological polar surface area (TPSA) is 67.1 Å². The first kappa shape index (κ1) is 13.5. The third-order valence-electron chi connectivity index (χ3n) is 2.64. The van der Waals surface area contributed by atoms with Gasteiger partial charge in [-0.3, -0.25) is 10.6 Å². The van der Waals surface area contributed by atoms with Gasteiger partial charge < -0.3 is 10.7 Å². The molecule has 0 saturated carbocycles. The van der Waals surface area contributed by atoms with E-state index in [0.717, 1.165) is 17.7 Å². The fraction of sp³-hybridized carbons (Fsp3) is 0.462. The summed E-state index contributed by atoms with van der Waals surface area (Å²) in [5.74, 6) is 5.88. The Morgan fingerprint density at radius 1 is 1.41 bits per heavy atom. The molecule has 0 radical (unpaired) electrons. The minimum atomic E-state index is -0.0216. The molecule has 17 heavy (non-hydrogen) atoms. The minimum absolute atomic E-state index is 0.0216. The molecule has 4 heteroatoms. The van der Waals surface area contributed by atoms with Crippen molar-refractivity contribution < 1.29 is 4.79 Å². The van der Waals surface area contributed by atoms with Crippen LogP contribution in [0.5, 0.6) is 0 Å². The second-order valence-electron chi connectivity index (χ2n) is 4.61. The first-order valence-electron chi connectivity index (χ1n) is 5.90. The van der Waals surface area contributed by atoms with Crippen molar-refractivity contribution in [3.8, 4) is 0 Å². The summed E-state index contributed by atoms with van der Waals surface area (Å²) in [6.07, 6.45) is 0.993. The van der Waals surface area contributed by atoms with Gasteiger partial charge in [-0.15, -0.1) is 0 Å². The van der Waals surface area contributed by atoms with Gasteiger partial charge in [-0.25, -0.2) is 0 Å². The van der Waals surface area contributed by atoms with Gasteiger partial charge in [-0.05, 0) is 43.0 Å². The first-order valence-corrected chi connectivity index (χ1v) is 5.90.